The minimum absolute atomic E-state index is 0.588. The van der Waals surface area contributed by atoms with Crippen molar-refractivity contribution >= 4 is 5.69 Å². The summed E-state index contributed by atoms with van der Waals surface area (Å²) in [6.07, 6.45) is 3.41. The SMILES string of the molecule is Nc1cnn(CCOc2ccccc2)c1. The molecule has 78 valence electrons. The third-order valence-electron chi connectivity index (χ3n) is 1.99. The monoisotopic (exact) mass is 203 g/mol. The Morgan fingerprint density at radius 1 is 1.27 bits per heavy atom. The number of hydrogen-bond acceptors (Lipinski definition) is 3. The van der Waals surface area contributed by atoms with Crippen molar-refractivity contribution in [3.05, 3.63) is 42.7 Å². The van der Waals surface area contributed by atoms with E-state index in [1.807, 2.05) is 30.3 Å². The molecule has 2 N–H and O–H groups in total. The normalized spacial score (nSPS) is 10.1. The quantitative estimate of drug-likeness (QED) is 0.820. The summed E-state index contributed by atoms with van der Waals surface area (Å²) in [5.41, 5.74) is 6.21. The molecule has 0 amide bonds. The lowest BCUT2D eigenvalue weighted by Crippen LogP contribution is -2.08. The molecule has 1 heterocycles. The predicted octanol–water partition coefficient (Wildman–Crippen LogP) is 1.54. The van der Waals surface area contributed by atoms with Gasteiger partial charge >= 0.3 is 0 Å². The van der Waals surface area contributed by atoms with Gasteiger partial charge in [0, 0.05) is 6.20 Å². The molecule has 0 aliphatic carbocycles. The van der Waals surface area contributed by atoms with Gasteiger partial charge in [-0.2, -0.15) is 5.10 Å². The van der Waals surface area contributed by atoms with Gasteiger partial charge in [-0.3, -0.25) is 4.68 Å². The van der Waals surface area contributed by atoms with Crippen LogP contribution in [0.3, 0.4) is 0 Å². The van der Waals surface area contributed by atoms with Crippen molar-refractivity contribution < 1.29 is 4.74 Å². The van der Waals surface area contributed by atoms with E-state index in [0.717, 1.165) is 5.75 Å². The number of anilines is 1. The molecule has 15 heavy (non-hydrogen) atoms. The molecule has 0 radical (unpaired) electrons. The molecule has 0 aliphatic heterocycles. The van der Waals surface area contributed by atoms with Crippen molar-refractivity contribution in [3.63, 3.8) is 0 Å². The van der Waals surface area contributed by atoms with Crippen molar-refractivity contribution in [2.45, 2.75) is 6.54 Å². The summed E-state index contributed by atoms with van der Waals surface area (Å²) in [6, 6.07) is 9.71. The topological polar surface area (TPSA) is 53.1 Å². The molecule has 2 rings (SSSR count). The van der Waals surface area contributed by atoms with Crippen molar-refractivity contribution in [1.82, 2.24) is 9.78 Å². The summed E-state index contributed by atoms with van der Waals surface area (Å²) in [4.78, 5) is 0. The van der Waals surface area contributed by atoms with E-state index in [9.17, 15) is 0 Å². The first-order valence-electron chi connectivity index (χ1n) is 4.80. The molecule has 0 atom stereocenters. The largest absolute Gasteiger partial charge is 0.492 e. The van der Waals surface area contributed by atoms with Crippen LogP contribution in [-0.2, 0) is 6.54 Å². The maximum atomic E-state index is 5.54. The molecule has 0 saturated carbocycles. The highest BCUT2D eigenvalue weighted by molar-refractivity contribution is 5.30. The van der Waals surface area contributed by atoms with Gasteiger partial charge in [0.1, 0.15) is 12.4 Å². The molecule has 0 fully saturated rings. The molecule has 0 bridgehead atoms. The number of rotatable bonds is 4. The first-order chi connectivity index (χ1) is 7.34. The Morgan fingerprint density at radius 2 is 2.07 bits per heavy atom. The summed E-state index contributed by atoms with van der Waals surface area (Å²) in [6.45, 7) is 1.29. The molecule has 0 spiro atoms. The zero-order chi connectivity index (χ0) is 10.5. The van der Waals surface area contributed by atoms with Gasteiger partial charge in [0.2, 0.25) is 0 Å². The predicted molar refractivity (Wildman–Crippen MR) is 58.6 cm³/mol. The molecule has 4 heteroatoms. The van der Waals surface area contributed by atoms with Gasteiger partial charge < -0.3 is 10.5 Å². The number of benzene rings is 1. The number of nitrogens with zero attached hydrogens (tertiary/aromatic N) is 2. The Balaban J connectivity index is 1.80. The van der Waals surface area contributed by atoms with Crippen LogP contribution in [0.25, 0.3) is 0 Å². The van der Waals surface area contributed by atoms with Crippen LogP contribution in [0.5, 0.6) is 5.75 Å². The Hall–Kier alpha value is -1.97. The van der Waals surface area contributed by atoms with E-state index < -0.39 is 0 Å². The third kappa shape index (κ3) is 2.74. The number of nitrogen functional groups attached to an aromatic ring is 1. The van der Waals surface area contributed by atoms with Crippen molar-refractivity contribution in [3.8, 4) is 5.75 Å². The maximum absolute atomic E-state index is 5.54. The molecular formula is C11H13N3O. The molecule has 0 aliphatic rings. The second-order valence-corrected chi connectivity index (χ2v) is 3.20. The van der Waals surface area contributed by atoms with Crippen molar-refractivity contribution in [1.29, 1.82) is 0 Å². The van der Waals surface area contributed by atoms with E-state index in [-0.39, 0.29) is 0 Å². The van der Waals surface area contributed by atoms with Gasteiger partial charge in [-0.25, -0.2) is 0 Å². The first kappa shape index (κ1) is 9.58. The van der Waals surface area contributed by atoms with Gasteiger partial charge in [-0.05, 0) is 12.1 Å². The van der Waals surface area contributed by atoms with Crippen LogP contribution < -0.4 is 10.5 Å². The molecule has 0 saturated heterocycles. The Bertz CT molecular complexity index is 411. The summed E-state index contributed by atoms with van der Waals surface area (Å²) in [5.74, 6) is 0.873. The number of ether oxygens (including phenoxy) is 1. The van der Waals surface area contributed by atoms with E-state index in [2.05, 4.69) is 5.10 Å². The number of para-hydroxylation sites is 1. The lowest BCUT2D eigenvalue weighted by Gasteiger charge is -2.05. The zero-order valence-electron chi connectivity index (χ0n) is 8.34. The smallest absolute Gasteiger partial charge is 0.119 e. The highest BCUT2D eigenvalue weighted by atomic mass is 16.5. The lowest BCUT2D eigenvalue weighted by atomic mass is 10.3. The van der Waals surface area contributed by atoms with Crippen LogP contribution in [-0.4, -0.2) is 16.4 Å². The van der Waals surface area contributed by atoms with Gasteiger partial charge in [-0.1, -0.05) is 18.2 Å². The fraction of sp³-hybridized carbons (Fsp3) is 0.182. The van der Waals surface area contributed by atoms with Crippen LogP contribution in [0.2, 0.25) is 0 Å². The second kappa shape index (κ2) is 4.50. The standard InChI is InChI=1S/C11H13N3O/c12-10-8-13-14(9-10)6-7-15-11-4-2-1-3-5-11/h1-5,8-9H,6-7,12H2. The van der Waals surface area contributed by atoms with Crippen LogP contribution in [0.15, 0.2) is 42.7 Å². The Labute approximate surface area is 88.3 Å². The van der Waals surface area contributed by atoms with Crippen LogP contribution in [0, 0.1) is 0 Å². The molecule has 2 aromatic rings. The first-order valence-corrected chi connectivity index (χ1v) is 4.80. The average Bonchev–Trinajstić information content (AvgIpc) is 2.66. The molecule has 4 nitrogen and oxygen atoms in total. The van der Waals surface area contributed by atoms with Gasteiger partial charge in [0.15, 0.2) is 0 Å². The number of aromatic nitrogens is 2. The number of nitrogens with two attached hydrogens (primary N) is 1. The maximum Gasteiger partial charge on any atom is 0.119 e. The summed E-state index contributed by atoms with van der Waals surface area (Å²) in [5, 5.41) is 4.06. The summed E-state index contributed by atoms with van der Waals surface area (Å²) < 4.78 is 7.28. The molecule has 1 aromatic heterocycles. The van der Waals surface area contributed by atoms with Crippen LogP contribution in [0.4, 0.5) is 5.69 Å². The van der Waals surface area contributed by atoms with E-state index in [1.165, 1.54) is 0 Å². The summed E-state index contributed by atoms with van der Waals surface area (Å²) in [7, 11) is 0. The minimum Gasteiger partial charge on any atom is -0.492 e. The van der Waals surface area contributed by atoms with Gasteiger partial charge in [-0.15, -0.1) is 0 Å². The van der Waals surface area contributed by atoms with E-state index in [4.69, 9.17) is 10.5 Å². The van der Waals surface area contributed by atoms with Gasteiger partial charge in [0.05, 0.1) is 18.4 Å². The van der Waals surface area contributed by atoms with E-state index >= 15 is 0 Å². The fourth-order valence-corrected chi connectivity index (χ4v) is 1.28. The number of hydrogen-bond donors (Lipinski definition) is 1. The third-order valence-corrected chi connectivity index (χ3v) is 1.99. The highest BCUT2D eigenvalue weighted by Crippen LogP contribution is 2.08. The Morgan fingerprint density at radius 3 is 2.73 bits per heavy atom. The van der Waals surface area contributed by atoms with Crippen LogP contribution >= 0.6 is 0 Å². The second-order valence-electron chi connectivity index (χ2n) is 3.20. The fourth-order valence-electron chi connectivity index (χ4n) is 1.28. The summed E-state index contributed by atoms with van der Waals surface area (Å²) >= 11 is 0. The van der Waals surface area contributed by atoms with Crippen LogP contribution in [0.1, 0.15) is 0 Å². The van der Waals surface area contributed by atoms with Gasteiger partial charge in [0.25, 0.3) is 0 Å². The lowest BCUT2D eigenvalue weighted by molar-refractivity contribution is 0.291. The molecular weight excluding hydrogens is 190 g/mol. The van der Waals surface area contributed by atoms with E-state index in [1.54, 1.807) is 17.1 Å². The highest BCUT2D eigenvalue weighted by Gasteiger charge is 1.95. The average molecular weight is 203 g/mol. The van der Waals surface area contributed by atoms with Crippen molar-refractivity contribution in [2.24, 2.45) is 0 Å². The molecule has 1 aromatic carbocycles. The Kier molecular flexibility index (Phi) is 2.88. The molecule has 0 unspecified atom stereocenters. The van der Waals surface area contributed by atoms with Crippen molar-refractivity contribution in [2.75, 3.05) is 12.3 Å². The van der Waals surface area contributed by atoms with E-state index in [0.29, 0.717) is 18.8 Å². The zero-order valence-corrected chi connectivity index (χ0v) is 8.34. The minimum atomic E-state index is 0.588.